The first kappa shape index (κ1) is 14.7. The van der Waals surface area contributed by atoms with Crippen LogP contribution in [-0.2, 0) is 14.8 Å². The SMILES string of the molecule is CCNc1ccncc1S(=O)(=O)N1CCOC(C#N)C1. The Morgan fingerprint density at radius 3 is 3.15 bits per heavy atom. The smallest absolute Gasteiger partial charge is 0.246 e. The summed E-state index contributed by atoms with van der Waals surface area (Å²) < 4.78 is 31.7. The van der Waals surface area contributed by atoms with Gasteiger partial charge in [0.1, 0.15) is 4.90 Å². The molecule has 0 aromatic carbocycles. The van der Waals surface area contributed by atoms with Crippen LogP contribution >= 0.6 is 0 Å². The largest absolute Gasteiger partial charge is 0.384 e. The van der Waals surface area contributed by atoms with Crippen LogP contribution in [-0.4, -0.2) is 50.1 Å². The fraction of sp³-hybridized carbons (Fsp3) is 0.500. The Hall–Kier alpha value is -1.69. The maximum Gasteiger partial charge on any atom is 0.246 e. The summed E-state index contributed by atoms with van der Waals surface area (Å²) in [5.74, 6) is 0. The van der Waals surface area contributed by atoms with Crippen LogP contribution in [0.4, 0.5) is 5.69 Å². The van der Waals surface area contributed by atoms with E-state index in [0.29, 0.717) is 12.2 Å². The molecule has 1 unspecified atom stereocenters. The molecule has 1 saturated heterocycles. The van der Waals surface area contributed by atoms with Gasteiger partial charge in [-0.1, -0.05) is 0 Å². The van der Waals surface area contributed by atoms with Crippen molar-refractivity contribution in [3.63, 3.8) is 0 Å². The molecule has 1 fully saturated rings. The highest BCUT2D eigenvalue weighted by Gasteiger charge is 2.32. The van der Waals surface area contributed by atoms with Crippen molar-refractivity contribution in [3.8, 4) is 6.07 Å². The summed E-state index contributed by atoms with van der Waals surface area (Å²) in [6.45, 7) is 2.99. The molecule has 0 spiro atoms. The van der Waals surface area contributed by atoms with Gasteiger partial charge in [0.2, 0.25) is 10.0 Å². The fourth-order valence-electron chi connectivity index (χ4n) is 1.98. The lowest BCUT2D eigenvalue weighted by Gasteiger charge is -2.29. The number of hydrogen-bond donors (Lipinski definition) is 1. The summed E-state index contributed by atoms with van der Waals surface area (Å²) >= 11 is 0. The second-order valence-electron chi connectivity index (χ2n) is 4.25. The average molecular weight is 296 g/mol. The van der Waals surface area contributed by atoms with Crippen LogP contribution in [0.1, 0.15) is 6.92 Å². The van der Waals surface area contributed by atoms with Crippen LogP contribution in [0.25, 0.3) is 0 Å². The molecule has 0 bridgehead atoms. The predicted octanol–water partition coefficient (Wildman–Crippen LogP) is 0.426. The summed E-state index contributed by atoms with van der Waals surface area (Å²) in [6.07, 6.45) is 2.14. The lowest BCUT2D eigenvalue weighted by Crippen LogP contribution is -2.45. The summed E-state index contributed by atoms with van der Waals surface area (Å²) in [4.78, 5) is 4.01. The van der Waals surface area contributed by atoms with Crippen molar-refractivity contribution in [2.24, 2.45) is 0 Å². The topological polar surface area (TPSA) is 95.3 Å². The third kappa shape index (κ3) is 2.90. The maximum atomic E-state index is 12.6. The maximum absolute atomic E-state index is 12.6. The van der Waals surface area contributed by atoms with Crippen molar-refractivity contribution in [1.29, 1.82) is 5.26 Å². The van der Waals surface area contributed by atoms with Gasteiger partial charge in [-0.2, -0.15) is 9.57 Å². The number of pyridine rings is 1. The van der Waals surface area contributed by atoms with Crippen molar-refractivity contribution >= 4 is 15.7 Å². The van der Waals surface area contributed by atoms with Crippen LogP contribution in [0.3, 0.4) is 0 Å². The van der Waals surface area contributed by atoms with E-state index in [2.05, 4.69) is 10.3 Å². The average Bonchev–Trinajstić information content (AvgIpc) is 2.48. The molecule has 7 nitrogen and oxygen atoms in total. The minimum atomic E-state index is -3.68. The Morgan fingerprint density at radius 1 is 1.65 bits per heavy atom. The summed E-state index contributed by atoms with van der Waals surface area (Å²) in [6, 6.07) is 3.56. The molecular formula is C12H16N4O3S. The van der Waals surface area contributed by atoms with Gasteiger partial charge >= 0.3 is 0 Å². The number of nitrogens with one attached hydrogen (secondary N) is 1. The fourth-order valence-corrected chi connectivity index (χ4v) is 3.52. The first-order valence-corrected chi connectivity index (χ1v) is 7.73. The van der Waals surface area contributed by atoms with E-state index in [4.69, 9.17) is 10.00 Å². The van der Waals surface area contributed by atoms with Crippen molar-refractivity contribution in [1.82, 2.24) is 9.29 Å². The van der Waals surface area contributed by atoms with Crippen molar-refractivity contribution < 1.29 is 13.2 Å². The standard InChI is InChI=1S/C12H16N4O3S/c1-2-15-11-3-4-14-8-12(11)20(17,18)16-5-6-19-10(7-13)9-16/h3-4,8,10H,2,5-6,9H2,1H3,(H,14,15). The van der Waals surface area contributed by atoms with Gasteiger partial charge < -0.3 is 10.1 Å². The van der Waals surface area contributed by atoms with Crippen LogP contribution < -0.4 is 5.32 Å². The van der Waals surface area contributed by atoms with Gasteiger partial charge in [0.25, 0.3) is 0 Å². The van der Waals surface area contributed by atoms with Crippen molar-refractivity contribution in [2.45, 2.75) is 17.9 Å². The minimum Gasteiger partial charge on any atom is -0.384 e. The third-order valence-corrected chi connectivity index (χ3v) is 4.84. The summed E-state index contributed by atoms with van der Waals surface area (Å²) in [5.41, 5.74) is 0.516. The summed E-state index contributed by atoms with van der Waals surface area (Å²) in [5, 5.41) is 11.9. The van der Waals surface area contributed by atoms with Gasteiger partial charge in [0.05, 0.1) is 24.9 Å². The number of hydrogen-bond acceptors (Lipinski definition) is 6. The molecule has 1 aromatic rings. The zero-order valence-corrected chi connectivity index (χ0v) is 11.9. The Bertz CT molecular complexity index is 611. The van der Waals surface area contributed by atoms with Gasteiger partial charge in [-0.15, -0.1) is 0 Å². The van der Waals surface area contributed by atoms with Crippen LogP contribution in [0.15, 0.2) is 23.4 Å². The van der Waals surface area contributed by atoms with Crippen LogP contribution in [0.5, 0.6) is 0 Å². The lowest BCUT2D eigenvalue weighted by molar-refractivity contribution is 0.0311. The molecule has 1 aromatic heterocycles. The molecule has 0 aliphatic carbocycles. The predicted molar refractivity (Wildman–Crippen MR) is 72.5 cm³/mol. The van der Waals surface area contributed by atoms with Crippen LogP contribution in [0.2, 0.25) is 0 Å². The molecule has 0 amide bonds. The second kappa shape index (κ2) is 6.17. The Morgan fingerprint density at radius 2 is 2.45 bits per heavy atom. The normalized spacial score (nSPS) is 20.3. The molecule has 1 atom stereocenters. The number of aromatic nitrogens is 1. The first-order chi connectivity index (χ1) is 9.59. The number of nitrogens with zero attached hydrogens (tertiary/aromatic N) is 3. The molecule has 108 valence electrons. The summed E-state index contributed by atoms with van der Waals surface area (Å²) in [7, 11) is -3.68. The zero-order chi connectivity index (χ0) is 14.6. The van der Waals surface area contributed by atoms with Gasteiger partial charge in [-0.25, -0.2) is 8.42 Å². The minimum absolute atomic E-state index is 0.0410. The zero-order valence-electron chi connectivity index (χ0n) is 11.1. The Labute approximate surface area is 118 Å². The van der Waals surface area contributed by atoms with Gasteiger partial charge in [-0.3, -0.25) is 4.98 Å². The van der Waals surface area contributed by atoms with Crippen molar-refractivity contribution in [2.75, 3.05) is 31.6 Å². The third-order valence-electron chi connectivity index (χ3n) is 2.94. The van der Waals surface area contributed by atoms with E-state index in [0.717, 1.165) is 0 Å². The molecule has 0 radical (unpaired) electrons. The quantitative estimate of drug-likeness (QED) is 0.865. The molecule has 2 heterocycles. The van der Waals surface area contributed by atoms with Crippen molar-refractivity contribution in [3.05, 3.63) is 18.5 Å². The monoisotopic (exact) mass is 296 g/mol. The van der Waals surface area contributed by atoms with E-state index >= 15 is 0 Å². The molecule has 8 heteroatoms. The highest BCUT2D eigenvalue weighted by Crippen LogP contribution is 2.24. The number of ether oxygens (including phenoxy) is 1. The molecule has 0 saturated carbocycles. The lowest BCUT2D eigenvalue weighted by atomic mass is 10.3. The Balaban J connectivity index is 2.33. The molecule has 2 rings (SSSR count). The number of morpholine rings is 1. The van der Waals surface area contributed by atoms with E-state index in [1.165, 1.54) is 16.7 Å². The molecule has 1 aliphatic heterocycles. The van der Waals surface area contributed by atoms with Gasteiger partial charge in [0, 0.05) is 25.5 Å². The second-order valence-corrected chi connectivity index (χ2v) is 6.16. The van der Waals surface area contributed by atoms with E-state index in [1.54, 1.807) is 6.07 Å². The Kier molecular flexibility index (Phi) is 4.54. The van der Waals surface area contributed by atoms with Crippen LogP contribution in [0, 0.1) is 11.3 Å². The highest BCUT2D eigenvalue weighted by atomic mass is 32.2. The molecular weight excluding hydrogens is 280 g/mol. The molecule has 1 aliphatic rings. The first-order valence-electron chi connectivity index (χ1n) is 6.29. The number of nitriles is 1. The van der Waals surface area contributed by atoms with Gasteiger partial charge in [-0.05, 0) is 13.0 Å². The van der Waals surface area contributed by atoms with E-state index < -0.39 is 16.1 Å². The molecule has 20 heavy (non-hydrogen) atoms. The highest BCUT2D eigenvalue weighted by molar-refractivity contribution is 7.89. The number of rotatable bonds is 4. The number of sulfonamides is 1. The number of anilines is 1. The molecule has 1 N–H and O–H groups in total. The van der Waals surface area contributed by atoms with Gasteiger partial charge in [0.15, 0.2) is 6.10 Å². The van der Waals surface area contributed by atoms with E-state index in [1.807, 2.05) is 13.0 Å². The van der Waals surface area contributed by atoms with E-state index in [-0.39, 0.29) is 24.6 Å². The van der Waals surface area contributed by atoms with E-state index in [9.17, 15) is 8.42 Å².